The van der Waals surface area contributed by atoms with E-state index in [1.165, 1.54) is 0 Å². The van der Waals surface area contributed by atoms with E-state index in [1.807, 2.05) is 0 Å². The monoisotopic (exact) mass is 291 g/mol. The lowest BCUT2D eigenvalue weighted by molar-refractivity contribution is -0.139. The maximum Gasteiger partial charge on any atom is 0.343 e. The number of allylic oxidation sites excluding steroid dienone is 1. The lowest BCUT2D eigenvalue weighted by Gasteiger charge is -2.11. The molecule has 0 unspecified atom stereocenters. The van der Waals surface area contributed by atoms with E-state index in [0.29, 0.717) is 0 Å². The SMILES string of the molecule is COC(=O)CC(=NC1CC1)/C(C(=O)OC)=C(\O)C(F)F. The number of ether oxygens (including phenoxy) is 2. The summed E-state index contributed by atoms with van der Waals surface area (Å²) < 4.78 is 34.0. The summed E-state index contributed by atoms with van der Waals surface area (Å²) in [5.41, 5.74) is -1.02. The second kappa shape index (κ2) is 6.97. The van der Waals surface area contributed by atoms with E-state index in [0.717, 1.165) is 27.1 Å². The molecule has 0 aromatic rings. The molecule has 8 heteroatoms. The van der Waals surface area contributed by atoms with Crippen molar-refractivity contribution in [2.45, 2.75) is 31.7 Å². The van der Waals surface area contributed by atoms with Gasteiger partial charge in [-0.15, -0.1) is 0 Å². The molecule has 0 saturated heterocycles. The normalized spacial score (nSPS) is 16.8. The summed E-state index contributed by atoms with van der Waals surface area (Å²) in [6.07, 6.45) is -2.30. The highest BCUT2D eigenvalue weighted by Gasteiger charge is 2.31. The van der Waals surface area contributed by atoms with Gasteiger partial charge in [0.1, 0.15) is 5.57 Å². The third-order valence-corrected chi connectivity index (χ3v) is 2.57. The van der Waals surface area contributed by atoms with Crippen molar-refractivity contribution in [2.75, 3.05) is 14.2 Å². The summed E-state index contributed by atoms with van der Waals surface area (Å²) in [6.45, 7) is 0. The molecule has 1 aliphatic carbocycles. The molecular weight excluding hydrogens is 276 g/mol. The average molecular weight is 291 g/mol. The Morgan fingerprint density at radius 1 is 1.30 bits per heavy atom. The van der Waals surface area contributed by atoms with Crippen molar-refractivity contribution in [1.29, 1.82) is 0 Å². The molecule has 1 N–H and O–H groups in total. The van der Waals surface area contributed by atoms with E-state index in [4.69, 9.17) is 0 Å². The number of rotatable bonds is 6. The van der Waals surface area contributed by atoms with Gasteiger partial charge in [0, 0.05) is 0 Å². The molecule has 0 heterocycles. The van der Waals surface area contributed by atoms with Gasteiger partial charge < -0.3 is 14.6 Å². The van der Waals surface area contributed by atoms with E-state index in [1.54, 1.807) is 0 Å². The van der Waals surface area contributed by atoms with Crippen molar-refractivity contribution < 1.29 is 33.0 Å². The number of nitrogens with zero attached hydrogens (tertiary/aromatic N) is 1. The Balaban J connectivity index is 3.20. The van der Waals surface area contributed by atoms with E-state index < -0.39 is 36.1 Å². The van der Waals surface area contributed by atoms with Gasteiger partial charge in [0.25, 0.3) is 6.43 Å². The zero-order valence-corrected chi connectivity index (χ0v) is 11.1. The maximum absolute atomic E-state index is 12.6. The molecule has 6 nitrogen and oxygen atoms in total. The Morgan fingerprint density at radius 3 is 2.30 bits per heavy atom. The fourth-order valence-corrected chi connectivity index (χ4v) is 1.41. The van der Waals surface area contributed by atoms with Gasteiger partial charge in [-0.1, -0.05) is 0 Å². The van der Waals surface area contributed by atoms with Crippen molar-refractivity contribution >= 4 is 17.7 Å². The highest BCUT2D eigenvalue weighted by atomic mass is 19.3. The molecule has 0 atom stereocenters. The molecule has 0 aromatic heterocycles. The minimum atomic E-state index is -3.27. The van der Waals surface area contributed by atoms with Gasteiger partial charge in [-0.2, -0.15) is 0 Å². The Kier molecular flexibility index (Phi) is 5.60. The molecule has 0 amide bonds. The summed E-state index contributed by atoms with van der Waals surface area (Å²) in [5.74, 6) is -3.39. The lowest BCUT2D eigenvalue weighted by Crippen LogP contribution is -2.23. The average Bonchev–Trinajstić information content (AvgIpc) is 3.21. The van der Waals surface area contributed by atoms with Crippen LogP contribution in [0.15, 0.2) is 16.3 Å². The van der Waals surface area contributed by atoms with Gasteiger partial charge in [0.15, 0.2) is 5.76 Å². The van der Waals surface area contributed by atoms with Gasteiger partial charge >= 0.3 is 11.9 Å². The molecule has 1 fully saturated rings. The van der Waals surface area contributed by atoms with Crippen molar-refractivity contribution in [3.8, 4) is 0 Å². The Bertz CT molecular complexity index is 455. The third kappa shape index (κ3) is 4.29. The van der Waals surface area contributed by atoms with Crippen LogP contribution in [0, 0.1) is 0 Å². The molecule has 1 aliphatic rings. The standard InChI is InChI=1S/C12H15F2NO5/c1-19-8(16)5-7(15-6-3-4-6)9(12(18)20-2)10(17)11(13)14/h6,11,17H,3-5H2,1-2H3/b10-9+,15-7?. The molecule has 1 saturated carbocycles. The largest absolute Gasteiger partial charge is 0.506 e. The Hall–Kier alpha value is -1.99. The highest BCUT2D eigenvalue weighted by molar-refractivity contribution is 6.24. The van der Waals surface area contributed by atoms with E-state index in [2.05, 4.69) is 14.5 Å². The molecule has 0 bridgehead atoms. The van der Waals surface area contributed by atoms with Crippen LogP contribution in [0.4, 0.5) is 8.78 Å². The van der Waals surface area contributed by atoms with Crippen molar-refractivity contribution in [3.05, 3.63) is 11.3 Å². The van der Waals surface area contributed by atoms with Crippen LogP contribution in [0.1, 0.15) is 19.3 Å². The van der Waals surface area contributed by atoms with Crippen molar-refractivity contribution in [2.24, 2.45) is 4.99 Å². The predicted octanol–water partition coefficient (Wildman–Crippen LogP) is 1.40. The van der Waals surface area contributed by atoms with Crippen LogP contribution < -0.4 is 0 Å². The first-order valence-electron chi connectivity index (χ1n) is 5.84. The van der Waals surface area contributed by atoms with E-state index in [-0.39, 0.29) is 11.8 Å². The number of aliphatic hydroxyl groups is 1. The van der Waals surface area contributed by atoms with E-state index in [9.17, 15) is 23.5 Å². The predicted molar refractivity (Wildman–Crippen MR) is 64.8 cm³/mol. The number of halogens is 2. The van der Waals surface area contributed by atoms with Crippen molar-refractivity contribution in [3.63, 3.8) is 0 Å². The van der Waals surface area contributed by atoms with Crippen LogP contribution in [0.2, 0.25) is 0 Å². The van der Waals surface area contributed by atoms with Crippen molar-refractivity contribution in [1.82, 2.24) is 0 Å². The lowest BCUT2D eigenvalue weighted by atomic mass is 10.1. The second-order valence-corrected chi connectivity index (χ2v) is 4.11. The Morgan fingerprint density at radius 2 is 1.90 bits per heavy atom. The topological polar surface area (TPSA) is 85.2 Å². The number of hydrogen-bond acceptors (Lipinski definition) is 6. The summed E-state index contributed by atoms with van der Waals surface area (Å²) in [7, 11) is 2.10. The third-order valence-electron chi connectivity index (χ3n) is 2.57. The van der Waals surface area contributed by atoms with Crippen LogP contribution in [-0.4, -0.2) is 49.4 Å². The minimum absolute atomic E-state index is 0.139. The van der Waals surface area contributed by atoms with Gasteiger partial charge in [0.05, 0.1) is 32.4 Å². The molecule has 0 radical (unpaired) electrons. The molecule has 112 valence electrons. The van der Waals surface area contributed by atoms with Crippen LogP contribution in [0.25, 0.3) is 0 Å². The number of alkyl halides is 2. The van der Waals surface area contributed by atoms with Gasteiger partial charge in [-0.25, -0.2) is 13.6 Å². The van der Waals surface area contributed by atoms with Crippen LogP contribution in [0.3, 0.4) is 0 Å². The fraction of sp³-hybridized carbons (Fsp3) is 0.583. The summed E-state index contributed by atoms with van der Waals surface area (Å²) in [5, 5.41) is 9.37. The number of aliphatic hydroxyl groups excluding tert-OH is 1. The number of hydrogen-bond donors (Lipinski definition) is 1. The number of carbonyl (C=O) groups is 2. The van der Waals surface area contributed by atoms with Crippen LogP contribution in [0.5, 0.6) is 0 Å². The van der Waals surface area contributed by atoms with E-state index >= 15 is 0 Å². The zero-order chi connectivity index (χ0) is 15.3. The molecule has 20 heavy (non-hydrogen) atoms. The van der Waals surface area contributed by atoms with Gasteiger partial charge in [0.2, 0.25) is 0 Å². The molecule has 0 aliphatic heterocycles. The maximum atomic E-state index is 12.6. The summed E-state index contributed by atoms with van der Waals surface area (Å²) in [4.78, 5) is 26.9. The summed E-state index contributed by atoms with van der Waals surface area (Å²) in [6, 6.07) is -0.139. The number of esters is 2. The molecule has 0 spiro atoms. The minimum Gasteiger partial charge on any atom is -0.506 e. The number of methoxy groups -OCH3 is 2. The highest BCUT2D eigenvalue weighted by Crippen LogP contribution is 2.26. The number of carbonyl (C=O) groups excluding carboxylic acids is 2. The second-order valence-electron chi connectivity index (χ2n) is 4.11. The Labute approximate surface area is 114 Å². The molecule has 1 rings (SSSR count). The first-order valence-corrected chi connectivity index (χ1v) is 5.84. The van der Waals surface area contributed by atoms with Crippen LogP contribution >= 0.6 is 0 Å². The summed E-state index contributed by atoms with van der Waals surface area (Å²) >= 11 is 0. The zero-order valence-electron chi connectivity index (χ0n) is 11.1. The quantitative estimate of drug-likeness (QED) is 0.346. The fourth-order valence-electron chi connectivity index (χ4n) is 1.41. The van der Waals surface area contributed by atoms with Crippen LogP contribution in [-0.2, 0) is 19.1 Å². The molecule has 0 aromatic carbocycles. The van der Waals surface area contributed by atoms with Gasteiger partial charge in [-0.05, 0) is 12.8 Å². The number of aliphatic imine (C=N–C) groups is 1. The first-order chi connectivity index (χ1) is 9.40. The molecular formula is C12H15F2NO5. The smallest absolute Gasteiger partial charge is 0.343 e. The first kappa shape index (κ1) is 16.1. The van der Waals surface area contributed by atoms with Gasteiger partial charge in [-0.3, -0.25) is 9.79 Å².